The summed E-state index contributed by atoms with van der Waals surface area (Å²) in [4.78, 5) is 21.7. The van der Waals surface area contributed by atoms with Gasteiger partial charge in [-0.05, 0) is 38.4 Å². The van der Waals surface area contributed by atoms with E-state index in [9.17, 15) is 15.0 Å². The zero-order valence-corrected chi connectivity index (χ0v) is 21.3. The summed E-state index contributed by atoms with van der Waals surface area (Å²) < 4.78 is 7.56. The average Bonchev–Trinajstić information content (AvgIpc) is 3.54. The van der Waals surface area contributed by atoms with Crippen LogP contribution in [-0.4, -0.2) is 56.0 Å². The highest BCUT2D eigenvalue weighted by molar-refractivity contribution is 6.26. The second kappa shape index (κ2) is 9.47. The Morgan fingerprint density at radius 3 is 2.58 bits per heavy atom. The summed E-state index contributed by atoms with van der Waals surface area (Å²) in [6.07, 6.45) is 1.40. The Bertz CT molecular complexity index is 1970. The van der Waals surface area contributed by atoms with Crippen LogP contribution < -0.4 is 11.1 Å². The van der Waals surface area contributed by atoms with E-state index < -0.39 is 18.4 Å². The van der Waals surface area contributed by atoms with Crippen molar-refractivity contribution in [2.45, 2.75) is 24.9 Å². The van der Waals surface area contributed by atoms with E-state index in [4.69, 9.17) is 10.5 Å². The molecule has 7 rings (SSSR count). The maximum atomic E-state index is 13.3. The summed E-state index contributed by atoms with van der Waals surface area (Å²) in [5.41, 5.74) is 7.85. The molecule has 1 saturated heterocycles. The third-order valence-corrected chi connectivity index (χ3v) is 7.67. The van der Waals surface area contributed by atoms with Crippen LogP contribution in [0.2, 0.25) is 0 Å². The topological polar surface area (TPSA) is 136 Å². The zero-order valence-electron chi connectivity index (χ0n) is 21.3. The highest BCUT2D eigenvalue weighted by atomic mass is 16.5. The Morgan fingerprint density at radius 2 is 1.80 bits per heavy atom. The minimum absolute atomic E-state index is 0.117. The van der Waals surface area contributed by atoms with E-state index in [1.807, 2.05) is 24.3 Å². The van der Waals surface area contributed by atoms with Crippen molar-refractivity contribution in [2.24, 2.45) is 0 Å². The van der Waals surface area contributed by atoms with E-state index >= 15 is 0 Å². The van der Waals surface area contributed by atoms with Crippen molar-refractivity contribution in [3.05, 3.63) is 78.2 Å². The first kappa shape index (κ1) is 24.3. The number of nitrogen functional groups attached to an aromatic ring is 1. The number of carbonyl (C=O) groups excluding carboxylic acids is 1. The molecule has 4 aromatic carbocycles. The summed E-state index contributed by atoms with van der Waals surface area (Å²) in [5.74, 6) is 6.16. The molecule has 5 N–H and O–H groups in total. The number of aliphatic hydroxyl groups is 2. The number of carbonyl (C=O) groups is 1. The zero-order chi connectivity index (χ0) is 27.4. The summed E-state index contributed by atoms with van der Waals surface area (Å²) in [5, 5.41) is 29.7. The number of nitrogens with one attached hydrogen (secondary N) is 1. The van der Waals surface area contributed by atoms with Gasteiger partial charge in [0.1, 0.15) is 30.1 Å². The molecule has 0 saturated carbocycles. The van der Waals surface area contributed by atoms with Crippen molar-refractivity contribution in [1.29, 1.82) is 0 Å². The molecule has 9 nitrogen and oxygen atoms in total. The lowest BCUT2D eigenvalue weighted by Gasteiger charge is -2.14. The normalized spacial score (nSPS) is 19.0. The monoisotopic (exact) mass is 531 g/mol. The van der Waals surface area contributed by atoms with Crippen LogP contribution in [-0.2, 0) is 4.74 Å². The number of nitrogens with zero attached hydrogens (tertiary/aromatic N) is 3. The third kappa shape index (κ3) is 3.81. The van der Waals surface area contributed by atoms with E-state index in [-0.39, 0.29) is 24.9 Å². The van der Waals surface area contributed by atoms with Gasteiger partial charge in [0.2, 0.25) is 0 Å². The maximum absolute atomic E-state index is 13.3. The van der Waals surface area contributed by atoms with Gasteiger partial charge in [-0.2, -0.15) is 0 Å². The molecule has 3 heterocycles. The molecule has 2 aromatic heterocycles. The number of fused-ring (bicyclic) bond motifs is 1. The Balaban J connectivity index is 1.17. The molecule has 1 fully saturated rings. The van der Waals surface area contributed by atoms with Crippen molar-refractivity contribution in [1.82, 2.24) is 19.9 Å². The SMILES string of the molecule is Nc1ncnc2c1c(C#CCNC(=O)c1ccc3ccc4cccc5ccc1c3c45)cn2[C@H]1C[C@H](O)[C@@H](CO)O1. The number of rotatable bonds is 4. The lowest BCUT2D eigenvalue weighted by molar-refractivity contribution is -0.0430. The lowest BCUT2D eigenvalue weighted by atomic mass is 9.92. The first-order valence-electron chi connectivity index (χ1n) is 13.0. The molecule has 198 valence electrons. The first-order chi connectivity index (χ1) is 19.5. The number of amides is 1. The van der Waals surface area contributed by atoms with Crippen LogP contribution in [0.15, 0.2) is 67.1 Å². The van der Waals surface area contributed by atoms with Crippen molar-refractivity contribution in [2.75, 3.05) is 18.9 Å². The van der Waals surface area contributed by atoms with Crippen LogP contribution in [0.1, 0.15) is 28.6 Å². The molecule has 0 radical (unpaired) electrons. The predicted molar refractivity (Wildman–Crippen MR) is 153 cm³/mol. The molecule has 0 bridgehead atoms. The molecule has 1 aliphatic heterocycles. The average molecular weight is 532 g/mol. The van der Waals surface area contributed by atoms with Gasteiger partial charge in [-0.3, -0.25) is 4.79 Å². The number of hydrogen-bond acceptors (Lipinski definition) is 7. The van der Waals surface area contributed by atoms with Gasteiger partial charge in [-0.15, -0.1) is 0 Å². The molecule has 9 heteroatoms. The number of ether oxygens (including phenoxy) is 1. The number of aromatic nitrogens is 3. The van der Waals surface area contributed by atoms with Gasteiger partial charge >= 0.3 is 0 Å². The van der Waals surface area contributed by atoms with Crippen molar-refractivity contribution < 1.29 is 19.7 Å². The van der Waals surface area contributed by atoms with Gasteiger partial charge < -0.3 is 30.6 Å². The smallest absolute Gasteiger partial charge is 0.252 e. The van der Waals surface area contributed by atoms with Gasteiger partial charge in [-0.1, -0.05) is 60.4 Å². The Labute approximate surface area is 228 Å². The second-order valence-corrected chi connectivity index (χ2v) is 9.98. The molecule has 0 unspecified atom stereocenters. The van der Waals surface area contributed by atoms with Crippen LogP contribution >= 0.6 is 0 Å². The second-order valence-electron chi connectivity index (χ2n) is 9.98. The molecular weight excluding hydrogens is 506 g/mol. The first-order valence-corrected chi connectivity index (χ1v) is 13.0. The molecule has 0 aliphatic carbocycles. The highest BCUT2D eigenvalue weighted by Gasteiger charge is 2.35. The number of hydrogen-bond donors (Lipinski definition) is 4. The van der Waals surface area contributed by atoms with Gasteiger partial charge in [0.25, 0.3) is 5.91 Å². The minimum atomic E-state index is -0.795. The van der Waals surface area contributed by atoms with Crippen LogP contribution in [0.25, 0.3) is 43.4 Å². The fraction of sp³-hybridized carbons (Fsp3) is 0.194. The molecule has 1 aliphatic rings. The van der Waals surface area contributed by atoms with Crippen LogP contribution in [0, 0.1) is 11.8 Å². The third-order valence-electron chi connectivity index (χ3n) is 7.67. The van der Waals surface area contributed by atoms with Crippen LogP contribution in [0.5, 0.6) is 0 Å². The maximum Gasteiger partial charge on any atom is 0.252 e. The molecular formula is C31H25N5O4. The Kier molecular flexibility index (Phi) is 5.75. The fourth-order valence-electron chi connectivity index (χ4n) is 5.77. The summed E-state index contributed by atoms with van der Waals surface area (Å²) in [7, 11) is 0. The standard InChI is InChI=1S/C31H25N5O4/c32-29-28-20(14-36(30(28)35-16-34-29)25-13-23(38)24(15-37)40-25)5-2-12-33-31(39)22-11-9-19-7-6-17-3-1-4-18-8-10-21(22)27(19)26(17)18/h1,3-4,6-11,14,16,23-25,37-38H,12-13,15H2,(H,33,39)(H2,32,34,35)/t23-,24+,25+/m0/s1. The van der Waals surface area contributed by atoms with Crippen molar-refractivity contribution in [3.8, 4) is 11.8 Å². The van der Waals surface area contributed by atoms with Gasteiger partial charge in [0, 0.05) is 18.2 Å². The number of aliphatic hydroxyl groups excluding tert-OH is 2. The predicted octanol–water partition coefficient (Wildman–Crippen LogP) is 3.33. The summed E-state index contributed by atoms with van der Waals surface area (Å²) in [6, 6.07) is 18.3. The molecule has 40 heavy (non-hydrogen) atoms. The number of benzene rings is 4. The van der Waals surface area contributed by atoms with Gasteiger partial charge in [-0.25, -0.2) is 9.97 Å². The molecule has 1 amide bonds. The van der Waals surface area contributed by atoms with E-state index in [1.54, 1.807) is 10.8 Å². The summed E-state index contributed by atoms with van der Waals surface area (Å²) in [6.45, 7) is -0.168. The highest BCUT2D eigenvalue weighted by Crippen LogP contribution is 2.36. The Hall–Kier alpha value is -4.75. The van der Waals surface area contributed by atoms with E-state index in [0.29, 0.717) is 28.6 Å². The van der Waals surface area contributed by atoms with E-state index in [2.05, 4.69) is 57.5 Å². The molecule has 3 atom stereocenters. The Morgan fingerprint density at radius 1 is 1.05 bits per heavy atom. The lowest BCUT2D eigenvalue weighted by Crippen LogP contribution is -2.24. The van der Waals surface area contributed by atoms with Crippen LogP contribution in [0.3, 0.4) is 0 Å². The molecule has 0 spiro atoms. The number of anilines is 1. The largest absolute Gasteiger partial charge is 0.394 e. The van der Waals surface area contributed by atoms with Crippen molar-refractivity contribution in [3.63, 3.8) is 0 Å². The minimum Gasteiger partial charge on any atom is -0.394 e. The van der Waals surface area contributed by atoms with E-state index in [1.165, 1.54) is 6.33 Å². The van der Waals surface area contributed by atoms with Crippen molar-refractivity contribution >= 4 is 55.1 Å². The van der Waals surface area contributed by atoms with Crippen LogP contribution in [0.4, 0.5) is 5.82 Å². The quantitative estimate of drug-likeness (QED) is 0.202. The van der Waals surface area contributed by atoms with Gasteiger partial charge in [0.05, 0.1) is 30.2 Å². The molecule has 6 aromatic rings. The van der Waals surface area contributed by atoms with Gasteiger partial charge in [0.15, 0.2) is 0 Å². The van der Waals surface area contributed by atoms with E-state index in [0.717, 1.165) is 32.3 Å². The number of nitrogens with two attached hydrogens (primary N) is 1. The summed E-state index contributed by atoms with van der Waals surface area (Å²) >= 11 is 0. The fourth-order valence-corrected chi connectivity index (χ4v) is 5.77.